The van der Waals surface area contributed by atoms with E-state index in [0.717, 1.165) is 29.7 Å². The second kappa shape index (κ2) is 7.96. The molecular weight excluding hydrogens is 360 g/mol. The van der Waals surface area contributed by atoms with Gasteiger partial charge in [0, 0.05) is 24.4 Å². The van der Waals surface area contributed by atoms with Gasteiger partial charge in [-0.15, -0.1) is 0 Å². The first kappa shape index (κ1) is 20.0. The molecule has 140 valence electrons. The van der Waals surface area contributed by atoms with Gasteiger partial charge in [-0.05, 0) is 69.7 Å². The molecule has 0 saturated carbocycles. The molecule has 0 radical (unpaired) electrons. The number of rotatable bonds is 3. The summed E-state index contributed by atoms with van der Waals surface area (Å²) in [4.78, 5) is 14.0. The van der Waals surface area contributed by atoms with Crippen LogP contribution in [0.1, 0.15) is 50.7 Å². The van der Waals surface area contributed by atoms with E-state index in [1.54, 1.807) is 11.2 Å². The van der Waals surface area contributed by atoms with Gasteiger partial charge in [0.05, 0.1) is 5.69 Å². The SMILES string of the molecule is Cc1cc(NS(C)=O)c(C2CCN(C(=O)OC(C)(C)C)CC2)cc1Cl. The fourth-order valence-corrected chi connectivity index (χ4v) is 3.64. The predicted molar refractivity (Wildman–Crippen MR) is 104 cm³/mol. The Labute approximate surface area is 157 Å². The van der Waals surface area contributed by atoms with Crippen molar-refractivity contribution in [2.45, 2.75) is 52.1 Å². The molecule has 1 aromatic carbocycles. The standard InChI is InChI=1S/C18H27ClN2O3S/c1-12-10-16(20-25(5)23)14(11-15(12)19)13-6-8-21(9-7-13)17(22)24-18(2,3)4/h10-11,13,20H,6-9H2,1-5H3. The molecule has 1 saturated heterocycles. The third-order valence-corrected chi connectivity index (χ3v) is 5.09. The van der Waals surface area contributed by atoms with Crippen LogP contribution in [0.15, 0.2) is 12.1 Å². The third-order valence-electron chi connectivity index (χ3n) is 4.17. The van der Waals surface area contributed by atoms with Gasteiger partial charge >= 0.3 is 6.09 Å². The van der Waals surface area contributed by atoms with Crippen LogP contribution in [-0.4, -0.2) is 40.1 Å². The van der Waals surface area contributed by atoms with Gasteiger partial charge in [-0.2, -0.15) is 0 Å². The summed E-state index contributed by atoms with van der Waals surface area (Å²) in [6.45, 7) is 8.82. The molecular formula is C18H27ClN2O3S. The van der Waals surface area contributed by atoms with Crippen molar-refractivity contribution in [3.8, 4) is 0 Å². The van der Waals surface area contributed by atoms with Gasteiger partial charge in [-0.1, -0.05) is 11.6 Å². The normalized spacial score (nSPS) is 17.3. The Bertz CT molecular complexity index is 665. The molecule has 1 N–H and O–H groups in total. The maximum absolute atomic E-state index is 12.2. The summed E-state index contributed by atoms with van der Waals surface area (Å²) in [6.07, 6.45) is 2.99. The van der Waals surface area contributed by atoms with Gasteiger partial charge in [-0.3, -0.25) is 0 Å². The number of benzene rings is 1. The highest BCUT2D eigenvalue weighted by Gasteiger charge is 2.28. The number of nitrogens with zero attached hydrogens (tertiary/aromatic N) is 1. The summed E-state index contributed by atoms with van der Waals surface area (Å²) in [6, 6.07) is 3.90. The molecule has 0 aliphatic carbocycles. The van der Waals surface area contributed by atoms with Crippen LogP contribution < -0.4 is 4.72 Å². The number of amides is 1. The first-order valence-corrected chi connectivity index (χ1v) is 10.4. The van der Waals surface area contributed by atoms with Crippen molar-refractivity contribution < 1.29 is 13.7 Å². The van der Waals surface area contributed by atoms with Crippen LogP contribution in [0.4, 0.5) is 10.5 Å². The summed E-state index contributed by atoms with van der Waals surface area (Å²) >= 11 is 6.31. The molecule has 1 unspecified atom stereocenters. The number of carbonyl (C=O) groups is 1. The van der Waals surface area contributed by atoms with Gasteiger partial charge in [0.15, 0.2) is 0 Å². The second-order valence-electron chi connectivity index (χ2n) is 7.49. The number of ether oxygens (including phenoxy) is 1. The lowest BCUT2D eigenvalue weighted by molar-refractivity contribution is 0.0205. The number of hydrogen-bond acceptors (Lipinski definition) is 3. The van der Waals surface area contributed by atoms with Crippen LogP contribution in [0.25, 0.3) is 0 Å². The predicted octanol–water partition coefficient (Wildman–Crippen LogP) is 4.47. The van der Waals surface area contributed by atoms with Crippen molar-refractivity contribution in [1.29, 1.82) is 0 Å². The summed E-state index contributed by atoms with van der Waals surface area (Å²) in [7, 11) is -1.15. The van der Waals surface area contributed by atoms with Crippen LogP contribution in [-0.2, 0) is 15.7 Å². The molecule has 1 aliphatic rings. The Morgan fingerprint density at radius 1 is 1.32 bits per heavy atom. The van der Waals surface area contributed by atoms with Crippen LogP contribution >= 0.6 is 11.6 Å². The highest BCUT2D eigenvalue weighted by atomic mass is 35.5. The number of anilines is 1. The highest BCUT2D eigenvalue weighted by molar-refractivity contribution is 7.85. The van der Waals surface area contributed by atoms with Gasteiger partial charge in [-0.25, -0.2) is 9.00 Å². The molecule has 2 rings (SSSR count). The number of aryl methyl sites for hydroxylation is 1. The topological polar surface area (TPSA) is 58.6 Å². The number of halogens is 1. The van der Waals surface area contributed by atoms with E-state index in [2.05, 4.69) is 4.72 Å². The van der Waals surface area contributed by atoms with E-state index in [-0.39, 0.29) is 12.0 Å². The number of piperidine rings is 1. The van der Waals surface area contributed by atoms with Crippen LogP contribution in [0.3, 0.4) is 0 Å². The summed E-state index contributed by atoms with van der Waals surface area (Å²) in [5.41, 5.74) is 2.39. The number of hydrogen-bond donors (Lipinski definition) is 1. The summed E-state index contributed by atoms with van der Waals surface area (Å²) in [5, 5.41) is 0.706. The van der Waals surface area contributed by atoms with E-state index < -0.39 is 16.6 Å². The van der Waals surface area contributed by atoms with E-state index >= 15 is 0 Å². The van der Waals surface area contributed by atoms with Gasteiger partial charge in [0.25, 0.3) is 0 Å². The first-order chi connectivity index (χ1) is 11.6. The Balaban J connectivity index is 2.11. The smallest absolute Gasteiger partial charge is 0.410 e. The van der Waals surface area contributed by atoms with Crippen LogP contribution in [0.2, 0.25) is 5.02 Å². The number of carbonyl (C=O) groups excluding carboxylic acids is 1. The van der Waals surface area contributed by atoms with Crippen molar-refractivity contribution in [1.82, 2.24) is 4.90 Å². The summed E-state index contributed by atoms with van der Waals surface area (Å²) in [5.74, 6) is 0.267. The molecule has 1 atom stereocenters. The lowest BCUT2D eigenvalue weighted by Gasteiger charge is -2.34. The van der Waals surface area contributed by atoms with Crippen molar-refractivity contribution in [2.24, 2.45) is 0 Å². The lowest BCUT2D eigenvalue weighted by Crippen LogP contribution is -2.41. The molecule has 0 bridgehead atoms. The fraction of sp³-hybridized carbons (Fsp3) is 0.611. The Morgan fingerprint density at radius 3 is 2.44 bits per heavy atom. The zero-order valence-electron chi connectivity index (χ0n) is 15.5. The highest BCUT2D eigenvalue weighted by Crippen LogP contribution is 2.36. The first-order valence-electron chi connectivity index (χ1n) is 8.45. The quantitative estimate of drug-likeness (QED) is 0.833. The molecule has 0 spiro atoms. The van der Waals surface area contributed by atoms with Crippen LogP contribution in [0.5, 0.6) is 0 Å². The Hall–Kier alpha value is -1.27. The molecule has 1 fully saturated rings. The van der Waals surface area contributed by atoms with Crippen molar-refractivity contribution in [3.05, 3.63) is 28.3 Å². The zero-order valence-corrected chi connectivity index (χ0v) is 17.1. The molecule has 1 amide bonds. The average molecular weight is 387 g/mol. The Morgan fingerprint density at radius 2 is 1.92 bits per heavy atom. The van der Waals surface area contributed by atoms with E-state index in [0.29, 0.717) is 18.1 Å². The largest absolute Gasteiger partial charge is 0.444 e. The Kier molecular flexibility index (Phi) is 6.38. The average Bonchev–Trinajstić information content (AvgIpc) is 2.48. The molecule has 0 aromatic heterocycles. The van der Waals surface area contributed by atoms with Crippen molar-refractivity contribution in [2.75, 3.05) is 24.1 Å². The van der Waals surface area contributed by atoms with Gasteiger partial charge in [0.2, 0.25) is 0 Å². The van der Waals surface area contributed by atoms with Gasteiger partial charge < -0.3 is 14.4 Å². The minimum atomic E-state index is -1.15. The number of likely N-dealkylation sites (tertiary alicyclic amines) is 1. The molecule has 1 aromatic rings. The fourth-order valence-electron chi connectivity index (χ4n) is 2.98. The van der Waals surface area contributed by atoms with Crippen molar-refractivity contribution in [3.63, 3.8) is 0 Å². The number of nitrogens with one attached hydrogen (secondary N) is 1. The van der Waals surface area contributed by atoms with Gasteiger partial charge in [0.1, 0.15) is 16.6 Å². The second-order valence-corrected chi connectivity index (χ2v) is 9.01. The monoisotopic (exact) mass is 386 g/mol. The van der Waals surface area contributed by atoms with E-state index in [9.17, 15) is 9.00 Å². The molecule has 1 aliphatic heterocycles. The third kappa shape index (κ3) is 5.61. The van der Waals surface area contributed by atoms with Crippen LogP contribution in [0, 0.1) is 6.92 Å². The molecule has 25 heavy (non-hydrogen) atoms. The van der Waals surface area contributed by atoms with E-state index in [1.807, 2.05) is 39.8 Å². The molecule has 5 nitrogen and oxygen atoms in total. The molecule has 1 heterocycles. The maximum atomic E-state index is 12.2. The molecule has 7 heteroatoms. The lowest BCUT2D eigenvalue weighted by atomic mass is 9.88. The maximum Gasteiger partial charge on any atom is 0.410 e. The van der Waals surface area contributed by atoms with E-state index in [1.165, 1.54) is 0 Å². The zero-order chi connectivity index (χ0) is 18.8. The minimum Gasteiger partial charge on any atom is -0.444 e. The van der Waals surface area contributed by atoms with E-state index in [4.69, 9.17) is 16.3 Å². The minimum absolute atomic E-state index is 0.263. The summed E-state index contributed by atoms with van der Waals surface area (Å²) < 4.78 is 20.1. The van der Waals surface area contributed by atoms with Crippen molar-refractivity contribution >= 4 is 34.4 Å².